The van der Waals surface area contributed by atoms with Crippen LogP contribution in [0.5, 0.6) is 5.75 Å². The van der Waals surface area contributed by atoms with Gasteiger partial charge in [0.25, 0.3) is 0 Å². The van der Waals surface area contributed by atoms with E-state index >= 15 is 0 Å². The van der Waals surface area contributed by atoms with Crippen LogP contribution >= 0.6 is 11.6 Å². The molecule has 1 atom stereocenters. The third-order valence-electron chi connectivity index (χ3n) is 3.52. The van der Waals surface area contributed by atoms with E-state index in [1.807, 2.05) is 18.2 Å². The van der Waals surface area contributed by atoms with E-state index < -0.39 is 5.38 Å². The first-order valence-corrected chi connectivity index (χ1v) is 6.79. The molecule has 2 nitrogen and oxygen atoms in total. The van der Waals surface area contributed by atoms with Gasteiger partial charge in [0.2, 0.25) is 0 Å². The molecule has 0 aromatic heterocycles. The fourth-order valence-corrected chi connectivity index (χ4v) is 2.68. The van der Waals surface area contributed by atoms with Gasteiger partial charge in [-0.25, -0.2) is 4.39 Å². The summed E-state index contributed by atoms with van der Waals surface area (Å²) in [5, 5.41) is -0.521. The molecular formula is C16H14ClFO2. The highest BCUT2D eigenvalue weighted by Crippen LogP contribution is 2.34. The molecule has 0 spiro atoms. The van der Waals surface area contributed by atoms with Gasteiger partial charge in [0.15, 0.2) is 0 Å². The van der Waals surface area contributed by atoms with Gasteiger partial charge in [0.1, 0.15) is 11.6 Å². The number of methoxy groups -OCH3 is 1. The van der Waals surface area contributed by atoms with Crippen LogP contribution < -0.4 is 4.74 Å². The number of hydrogen-bond donors (Lipinski definition) is 0. The van der Waals surface area contributed by atoms with Crippen LogP contribution in [0.25, 0.3) is 0 Å². The fourth-order valence-electron chi connectivity index (χ4n) is 2.37. The van der Waals surface area contributed by atoms with Crippen LogP contribution in [0.2, 0.25) is 0 Å². The van der Waals surface area contributed by atoms with Crippen LogP contribution in [0.3, 0.4) is 0 Å². The molecule has 1 aliphatic heterocycles. The second-order valence-corrected chi connectivity index (χ2v) is 5.21. The van der Waals surface area contributed by atoms with Crippen molar-refractivity contribution >= 4 is 11.6 Å². The minimum absolute atomic E-state index is 0.360. The molecule has 0 aliphatic carbocycles. The van der Waals surface area contributed by atoms with Gasteiger partial charge in [-0.2, -0.15) is 0 Å². The van der Waals surface area contributed by atoms with E-state index in [1.54, 1.807) is 12.1 Å². The van der Waals surface area contributed by atoms with Gasteiger partial charge in [-0.15, -0.1) is 11.6 Å². The summed E-state index contributed by atoms with van der Waals surface area (Å²) in [5.74, 6) is 0.124. The fraction of sp³-hybridized carbons (Fsp3) is 0.250. The van der Waals surface area contributed by atoms with Crippen LogP contribution in [0.1, 0.15) is 27.6 Å². The van der Waals surface area contributed by atoms with Crippen LogP contribution in [0.4, 0.5) is 4.39 Å². The molecule has 0 radical (unpaired) electrons. The normalized spacial score (nSPS) is 14.9. The second-order valence-electron chi connectivity index (χ2n) is 4.77. The molecule has 0 amide bonds. The van der Waals surface area contributed by atoms with E-state index in [0.717, 1.165) is 11.1 Å². The van der Waals surface area contributed by atoms with E-state index in [0.29, 0.717) is 24.5 Å². The Hall–Kier alpha value is -1.58. The Morgan fingerprint density at radius 2 is 1.95 bits per heavy atom. The maximum absolute atomic E-state index is 14.1. The van der Waals surface area contributed by atoms with Crippen molar-refractivity contribution in [1.29, 1.82) is 0 Å². The average Bonchev–Trinajstić information content (AvgIpc) is 2.93. The molecule has 1 heterocycles. The maximum Gasteiger partial charge on any atom is 0.131 e. The van der Waals surface area contributed by atoms with Crippen molar-refractivity contribution in [3.8, 4) is 5.75 Å². The lowest BCUT2D eigenvalue weighted by Crippen LogP contribution is -1.99. The first-order chi connectivity index (χ1) is 9.69. The molecule has 4 heteroatoms. The quantitative estimate of drug-likeness (QED) is 0.790. The molecule has 1 aliphatic rings. The van der Waals surface area contributed by atoms with Crippen molar-refractivity contribution in [2.24, 2.45) is 0 Å². The standard InChI is InChI=1S/C16H14ClFO2/c1-19-13-4-5-14(15(18)7-13)16(17)10-2-3-11-8-20-9-12(11)6-10/h2-7,16H,8-9H2,1H3. The van der Waals surface area contributed by atoms with Crippen molar-refractivity contribution < 1.29 is 13.9 Å². The van der Waals surface area contributed by atoms with Gasteiger partial charge in [0.05, 0.1) is 25.7 Å². The summed E-state index contributed by atoms with van der Waals surface area (Å²) in [6.45, 7) is 1.23. The summed E-state index contributed by atoms with van der Waals surface area (Å²) >= 11 is 6.41. The summed E-state index contributed by atoms with van der Waals surface area (Å²) in [4.78, 5) is 0. The van der Waals surface area contributed by atoms with Crippen LogP contribution in [0.15, 0.2) is 36.4 Å². The molecule has 2 aromatic carbocycles. The SMILES string of the molecule is COc1ccc(C(Cl)c2ccc3c(c2)COC3)c(F)c1. The first kappa shape index (κ1) is 13.4. The lowest BCUT2D eigenvalue weighted by molar-refractivity contribution is 0.134. The van der Waals surface area contributed by atoms with Gasteiger partial charge in [-0.1, -0.05) is 24.3 Å². The Kier molecular flexibility index (Phi) is 3.64. The first-order valence-electron chi connectivity index (χ1n) is 6.36. The average molecular weight is 293 g/mol. The summed E-state index contributed by atoms with van der Waals surface area (Å²) in [6, 6.07) is 10.6. The second kappa shape index (κ2) is 5.43. The van der Waals surface area contributed by atoms with Gasteiger partial charge in [0, 0.05) is 11.6 Å². The summed E-state index contributed by atoms with van der Waals surface area (Å²) in [7, 11) is 1.51. The molecular weight excluding hydrogens is 279 g/mol. The zero-order valence-electron chi connectivity index (χ0n) is 11.0. The van der Waals surface area contributed by atoms with E-state index in [-0.39, 0.29) is 5.82 Å². The summed E-state index contributed by atoms with van der Waals surface area (Å²) in [6.07, 6.45) is 0. The molecule has 20 heavy (non-hydrogen) atoms. The number of hydrogen-bond acceptors (Lipinski definition) is 2. The lowest BCUT2D eigenvalue weighted by atomic mass is 9.99. The Balaban J connectivity index is 1.94. The zero-order valence-corrected chi connectivity index (χ0v) is 11.8. The lowest BCUT2D eigenvalue weighted by Gasteiger charge is -2.13. The van der Waals surface area contributed by atoms with Gasteiger partial charge >= 0.3 is 0 Å². The van der Waals surface area contributed by atoms with Gasteiger partial charge in [-0.3, -0.25) is 0 Å². The van der Waals surface area contributed by atoms with Crippen molar-refractivity contribution in [3.63, 3.8) is 0 Å². The van der Waals surface area contributed by atoms with E-state index in [9.17, 15) is 4.39 Å². The van der Waals surface area contributed by atoms with Gasteiger partial charge < -0.3 is 9.47 Å². The largest absolute Gasteiger partial charge is 0.497 e. The highest BCUT2D eigenvalue weighted by molar-refractivity contribution is 6.22. The minimum atomic E-state index is -0.521. The van der Waals surface area contributed by atoms with E-state index in [1.165, 1.54) is 18.7 Å². The molecule has 1 unspecified atom stereocenters. The zero-order chi connectivity index (χ0) is 14.1. The van der Waals surface area contributed by atoms with E-state index in [2.05, 4.69) is 0 Å². The number of ether oxygens (including phenoxy) is 2. The number of rotatable bonds is 3. The molecule has 0 saturated carbocycles. The molecule has 0 N–H and O–H groups in total. The Morgan fingerprint density at radius 1 is 1.15 bits per heavy atom. The monoisotopic (exact) mass is 292 g/mol. The van der Waals surface area contributed by atoms with Crippen molar-refractivity contribution in [3.05, 3.63) is 64.5 Å². The summed E-state index contributed by atoms with van der Waals surface area (Å²) in [5.41, 5.74) is 3.63. The molecule has 3 rings (SSSR count). The molecule has 0 saturated heterocycles. The number of alkyl halides is 1. The smallest absolute Gasteiger partial charge is 0.131 e. The maximum atomic E-state index is 14.1. The molecule has 0 fully saturated rings. The van der Waals surface area contributed by atoms with Crippen LogP contribution in [-0.4, -0.2) is 7.11 Å². The summed E-state index contributed by atoms with van der Waals surface area (Å²) < 4.78 is 24.4. The van der Waals surface area contributed by atoms with Crippen LogP contribution in [-0.2, 0) is 18.0 Å². The molecule has 0 bridgehead atoms. The predicted octanol–water partition coefficient (Wildman–Crippen LogP) is 4.19. The number of fused-ring (bicyclic) bond motifs is 1. The highest BCUT2D eigenvalue weighted by Gasteiger charge is 2.19. The van der Waals surface area contributed by atoms with Crippen molar-refractivity contribution in [2.45, 2.75) is 18.6 Å². The molecule has 2 aromatic rings. The number of halogens is 2. The third kappa shape index (κ3) is 2.39. The van der Waals surface area contributed by atoms with Gasteiger partial charge in [-0.05, 0) is 22.8 Å². The van der Waals surface area contributed by atoms with Crippen molar-refractivity contribution in [1.82, 2.24) is 0 Å². The Bertz CT molecular complexity index is 642. The van der Waals surface area contributed by atoms with Crippen LogP contribution in [0, 0.1) is 5.82 Å². The predicted molar refractivity (Wildman–Crippen MR) is 75.6 cm³/mol. The number of benzene rings is 2. The van der Waals surface area contributed by atoms with E-state index in [4.69, 9.17) is 21.1 Å². The topological polar surface area (TPSA) is 18.5 Å². The molecule has 104 valence electrons. The highest BCUT2D eigenvalue weighted by atomic mass is 35.5. The van der Waals surface area contributed by atoms with Crippen molar-refractivity contribution in [2.75, 3.05) is 7.11 Å². The third-order valence-corrected chi connectivity index (χ3v) is 4.01. The minimum Gasteiger partial charge on any atom is -0.497 e. The Labute approximate surface area is 122 Å². The Morgan fingerprint density at radius 3 is 2.70 bits per heavy atom.